The van der Waals surface area contributed by atoms with Crippen molar-refractivity contribution in [1.29, 1.82) is 5.26 Å². The first-order valence-electron chi connectivity index (χ1n) is 6.44. The summed E-state index contributed by atoms with van der Waals surface area (Å²) < 4.78 is 5.49. The maximum absolute atomic E-state index is 9.16. The Balaban J connectivity index is 2.24. The molecule has 4 heteroatoms. The Kier molecular flexibility index (Phi) is 4.59. The molecule has 0 aliphatic rings. The zero-order chi connectivity index (χ0) is 14.4. The number of nitrogens with one attached hydrogen (secondary N) is 1. The first-order valence-corrected chi connectivity index (χ1v) is 6.44. The number of benzene rings is 2. The van der Waals surface area contributed by atoms with E-state index in [4.69, 9.17) is 15.7 Å². The van der Waals surface area contributed by atoms with Crippen LogP contribution < -0.4 is 15.8 Å². The number of para-hydroxylation sites is 1. The van der Waals surface area contributed by atoms with E-state index < -0.39 is 0 Å². The van der Waals surface area contributed by atoms with Crippen LogP contribution >= 0.6 is 0 Å². The highest BCUT2D eigenvalue weighted by atomic mass is 16.5. The second-order valence-electron chi connectivity index (χ2n) is 4.40. The summed E-state index contributed by atoms with van der Waals surface area (Å²) in [6, 6.07) is 15.4. The molecule has 2 rings (SSSR count). The lowest BCUT2D eigenvalue weighted by atomic mass is 10.1. The Morgan fingerprint density at radius 2 is 2.05 bits per heavy atom. The van der Waals surface area contributed by atoms with E-state index >= 15 is 0 Å². The summed E-state index contributed by atoms with van der Waals surface area (Å²) in [6.45, 7) is 2.93. The molecule has 0 aromatic heterocycles. The number of hydrogen-bond acceptors (Lipinski definition) is 4. The molecule has 0 fully saturated rings. The molecule has 0 saturated heterocycles. The summed E-state index contributed by atoms with van der Waals surface area (Å²) in [7, 11) is 0. The molecule has 4 nitrogen and oxygen atoms in total. The van der Waals surface area contributed by atoms with Crippen LogP contribution in [0.5, 0.6) is 5.75 Å². The van der Waals surface area contributed by atoms with Gasteiger partial charge in [-0.05, 0) is 30.7 Å². The maximum Gasteiger partial charge on any atom is 0.121 e. The number of aryl methyl sites for hydroxylation is 1. The van der Waals surface area contributed by atoms with Crippen molar-refractivity contribution in [3.8, 4) is 11.8 Å². The average Bonchev–Trinajstić information content (AvgIpc) is 2.47. The average molecular weight is 267 g/mol. The standard InChI is InChI=1S/C16H17N3O/c1-12-4-2-5-13(11-18)16(12)19-14-6-3-7-15(10-14)20-9-8-17/h2-7,10,19H,8-9,17H2,1H3. The molecule has 0 spiro atoms. The van der Waals surface area contributed by atoms with Gasteiger partial charge in [-0.3, -0.25) is 0 Å². The van der Waals surface area contributed by atoms with Crippen molar-refractivity contribution in [3.63, 3.8) is 0 Å². The van der Waals surface area contributed by atoms with Gasteiger partial charge in [0.05, 0.1) is 11.3 Å². The molecule has 0 unspecified atom stereocenters. The van der Waals surface area contributed by atoms with Crippen molar-refractivity contribution in [3.05, 3.63) is 53.6 Å². The first-order chi connectivity index (χ1) is 9.74. The van der Waals surface area contributed by atoms with Crippen LogP contribution in [-0.4, -0.2) is 13.2 Å². The van der Waals surface area contributed by atoms with Gasteiger partial charge < -0.3 is 15.8 Å². The van der Waals surface area contributed by atoms with Gasteiger partial charge >= 0.3 is 0 Å². The van der Waals surface area contributed by atoms with Gasteiger partial charge in [-0.25, -0.2) is 0 Å². The highest BCUT2D eigenvalue weighted by molar-refractivity contribution is 5.70. The van der Waals surface area contributed by atoms with Crippen LogP contribution in [0.3, 0.4) is 0 Å². The molecule has 2 aromatic rings. The lowest BCUT2D eigenvalue weighted by Gasteiger charge is -2.12. The third-order valence-corrected chi connectivity index (χ3v) is 2.88. The summed E-state index contributed by atoms with van der Waals surface area (Å²) in [6.07, 6.45) is 0. The van der Waals surface area contributed by atoms with Gasteiger partial charge in [0.25, 0.3) is 0 Å². The maximum atomic E-state index is 9.16. The minimum absolute atomic E-state index is 0.480. The first kappa shape index (κ1) is 13.9. The molecule has 2 aromatic carbocycles. The number of rotatable bonds is 5. The van der Waals surface area contributed by atoms with Crippen molar-refractivity contribution in [2.75, 3.05) is 18.5 Å². The summed E-state index contributed by atoms with van der Waals surface area (Å²) >= 11 is 0. The van der Waals surface area contributed by atoms with Crippen LogP contribution in [0.15, 0.2) is 42.5 Å². The van der Waals surface area contributed by atoms with Crippen LogP contribution in [-0.2, 0) is 0 Å². The molecule has 0 saturated carbocycles. The predicted molar refractivity (Wildman–Crippen MR) is 80.2 cm³/mol. The molecule has 102 valence electrons. The molecule has 0 aliphatic carbocycles. The Labute approximate surface area is 118 Å². The SMILES string of the molecule is Cc1cccc(C#N)c1Nc1cccc(OCCN)c1. The molecular weight excluding hydrogens is 250 g/mol. The van der Waals surface area contributed by atoms with E-state index in [0.29, 0.717) is 18.7 Å². The Bertz CT molecular complexity index is 632. The molecule has 0 amide bonds. The number of anilines is 2. The van der Waals surface area contributed by atoms with Crippen molar-refractivity contribution >= 4 is 11.4 Å². The van der Waals surface area contributed by atoms with E-state index in [1.54, 1.807) is 6.07 Å². The fourth-order valence-corrected chi connectivity index (χ4v) is 1.91. The molecule has 0 radical (unpaired) electrons. The highest BCUT2D eigenvalue weighted by Crippen LogP contribution is 2.26. The van der Waals surface area contributed by atoms with E-state index in [1.165, 1.54) is 0 Å². The second-order valence-corrected chi connectivity index (χ2v) is 4.40. The Hall–Kier alpha value is -2.51. The van der Waals surface area contributed by atoms with Gasteiger partial charge in [0, 0.05) is 18.3 Å². The fraction of sp³-hybridized carbons (Fsp3) is 0.188. The van der Waals surface area contributed by atoms with E-state index in [-0.39, 0.29) is 0 Å². The zero-order valence-corrected chi connectivity index (χ0v) is 11.4. The molecule has 0 aliphatic heterocycles. The predicted octanol–water partition coefficient (Wildman–Crippen LogP) is 2.95. The number of nitriles is 1. The van der Waals surface area contributed by atoms with Crippen molar-refractivity contribution in [2.45, 2.75) is 6.92 Å². The van der Waals surface area contributed by atoms with Crippen molar-refractivity contribution in [2.24, 2.45) is 5.73 Å². The minimum Gasteiger partial charge on any atom is -0.492 e. The summed E-state index contributed by atoms with van der Waals surface area (Å²) in [5.41, 5.74) is 8.77. The monoisotopic (exact) mass is 267 g/mol. The van der Waals surface area contributed by atoms with Crippen molar-refractivity contribution < 1.29 is 4.74 Å². The molecule has 20 heavy (non-hydrogen) atoms. The summed E-state index contributed by atoms with van der Waals surface area (Å²) in [5.74, 6) is 0.757. The third kappa shape index (κ3) is 3.28. The summed E-state index contributed by atoms with van der Waals surface area (Å²) in [4.78, 5) is 0. The Morgan fingerprint density at radius 1 is 1.25 bits per heavy atom. The highest BCUT2D eigenvalue weighted by Gasteiger charge is 2.06. The quantitative estimate of drug-likeness (QED) is 0.873. The van der Waals surface area contributed by atoms with Crippen LogP contribution in [0.4, 0.5) is 11.4 Å². The van der Waals surface area contributed by atoms with E-state index in [2.05, 4.69) is 11.4 Å². The molecule has 0 atom stereocenters. The van der Waals surface area contributed by atoms with Crippen LogP contribution in [0.1, 0.15) is 11.1 Å². The molecule has 0 bridgehead atoms. The minimum atomic E-state index is 0.480. The van der Waals surface area contributed by atoms with Crippen LogP contribution in [0, 0.1) is 18.3 Å². The smallest absolute Gasteiger partial charge is 0.121 e. The largest absolute Gasteiger partial charge is 0.492 e. The van der Waals surface area contributed by atoms with Gasteiger partial charge in [-0.1, -0.05) is 18.2 Å². The fourth-order valence-electron chi connectivity index (χ4n) is 1.91. The van der Waals surface area contributed by atoms with Crippen LogP contribution in [0.2, 0.25) is 0 Å². The van der Waals surface area contributed by atoms with Gasteiger partial charge in [0.15, 0.2) is 0 Å². The molecular formula is C16H17N3O. The number of hydrogen-bond donors (Lipinski definition) is 2. The van der Waals surface area contributed by atoms with Gasteiger partial charge in [0.1, 0.15) is 18.4 Å². The van der Waals surface area contributed by atoms with E-state index in [1.807, 2.05) is 43.3 Å². The lowest BCUT2D eigenvalue weighted by molar-refractivity contribution is 0.328. The normalized spacial score (nSPS) is 9.85. The van der Waals surface area contributed by atoms with E-state index in [0.717, 1.165) is 22.7 Å². The lowest BCUT2D eigenvalue weighted by Crippen LogP contribution is -2.10. The van der Waals surface area contributed by atoms with Gasteiger partial charge in [-0.2, -0.15) is 5.26 Å². The second kappa shape index (κ2) is 6.60. The van der Waals surface area contributed by atoms with E-state index in [9.17, 15) is 0 Å². The van der Waals surface area contributed by atoms with Gasteiger partial charge in [-0.15, -0.1) is 0 Å². The topological polar surface area (TPSA) is 71.1 Å². The molecule has 0 heterocycles. The Morgan fingerprint density at radius 3 is 2.80 bits per heavy atom. The third-order valence-electron chi connectivity index (χ3n) is 2.88. The summed E-state index contributed by atoms with van der Waals surface area (Å²) in [5, 5.41) is 12.4. The molecule has 3 N–H and O–H groups in total. The van der Waals surface area contributed by atoms with Crippen LogP contribution in [0.25, 0.3) is 0 Å². The zero-order valence-electron chi connectivity index (χ0n) is 11.4. The number of ether oxygens (including phenoxy) is 1. The van der Waals surface area contributed by atoms with Gasteiger partial charge in [0.2, 0.25) is 0 Å². The number of nitrogens with zero attached hydrogens (tertiary/aromatic N) is 1. The number of nitrogens with two attached hydrogens (primary N) is 1. The van der Waals surface area contributed by atoms with Crippen molar-refractivity contribution in [1.82, 2.24) is 0 Å².